The summed E-state index contributed by atoms with van der Waals surface area (Å²) >= 11 is 0. The van der Waals surface area contributed by atoms with E-state index in [1.165, 1.54) is 17.0 Å². The maximum absolute atomic E-state index is 13.5. The van der Waals surface area contributed by atoms with Crippen molar-refractivity contribution in [3.8, 4) is 11.5 Å². The van der Waals surface area contributed by atoms with Gasteiger partial charge in [-0.15, -0.1) is 0 Å². The molecule has 9 nitrogen and oxygen atoms in total. The van der Waals surface area contributed by atoms with Crippen molar-refractivity contribution in [2.75, 3.05) is 54.7 Å². The van der Waals surface area contributed by atoms with E-state index in [1.54, 1.807) is 21.3 Å². The molecule has 2 amide bonds. The van der Waals surface area contributed by atoms with Crippen LogP contribution in [0.15, 0.2) is 53.6 Å². The molecule has 0 N–H and O–H groups in total. The molecular weight excluding hydrogens is 438 g/mol. The van der Waals surface area contributed by atoms with Gasteiger partial charge in [0.05, 0.1) is 32.6 Å². The summed E-state index contributed by atoms with van der Waals surface area (Å²) in [6.07, 6.45) is 0.503. The number of para-hydroxylation sites is 1. The maximum atomic E-state index is 13.5. The van der Waals surface area contributed by atoms with Crippen LogP contribution in [0.4, 0.5) is 0 Å². The fourth-order valence-corrected chi connectivity index (χ4v) is 3.83. The fourth-order valence-electron chi connectivity index (χ4n) is 3.83. The molecule has 2 aromatic carbocycles. The fraction of sp³-hybridized carbons (Fsp3) is 0.400. The summed E-state index contributed by atoms with van der Waals surface area (Å²) in [6, 6.07) is 14.7. The lowest BCUT2D eigenvalue weighted by Gasteiger charge is -2.27. The second kappa shape index (κ2) is 12.2. The van der Waals surface area contributed by atoms with E-state index in [9.17, 15) is 9.59 Å². The third-order valence-corrected chi connectivity index (χ3v) is 5.60. The Balaban J connectivity index is 1.92. The molecular formula is C25H31N3O6. The van der Waals surface area contributed by atoms with Gasteiger partial charge in [-0.1, -0.05) is 18.2 Å². The van der Waals surface area contributed by atoms with Gasteiger partial charge in [0, 0.05) is 32.7 Å². The van der Waals surface area contributed by atoms with Crippen LogP contribution in [0.3, 0.4) is 0 Å². The number of carbonyl (C=O) groups is 2. The van der Waals surface area contributed by atoms with Gasteiger partial charge < -0.3 is 23.8 Å². The van der Waals surface area contributed by atoms with Crippen LogP contribution in [0.25, 0.3) is 0 Å². The predicted molar refractivity (Wildman–Crippen MR) is 127 cm³/mol. The average Bonchev–Trinajstić information content (AvgIpc) is 3.32. The number of hydrazone groups is 1. The summed E-state index contributed by atoms with van der Waals surface area (Å²) in [5.74, 6) is 0.811. The Morgan fingerprint density at radius 3 is 2.38 bits per heavy atom. The SMILES string of the molecule is COCCN(CC(=O)N1N=C(c2ccc(OC)cc2)CC1c1ccccc1OC)C(=O)COC. The molecule has 3 rings (SSSR count). The summed E-state index contributed by atoms with van der Waals surface area (Å²) < 4.78 is 20.9. The lowest BCUT2D eigenvalue weighted by molar-refractivity contribution is -0.144. The minimum atomic E-state index is -0.373. The van der Waals surface area contributed by atoms with Gasteiger partial charge in [-0.3, -0.25) is 9.59 Å². The molecule has 0 aliphatic carbocycles. The van der Waals surface area contributed by atoms with E-state index in [2.05, 4.69) is 5.10 Å². The van der Waals surface area contributed by atoms with Crippen LogP contribution in [0.5, 0.6) is 11.5 Å². The van der Waals surface area contributed by atoms with Gasteiger partial charge in [-0.05, 0) is 35.9 Å². The molecule has 182 valence electrons. The highest BCUT2D eigenvalue weighted by atomic mass is 16.5. The van der Waals surface area contributed by atoms with Crippen LogP contribution in [0.2, 0.25) is 0 Å². The van der Waals surface area contributed by atoms with Crippen molar-refractivity contribution >= 4 is 17.5 Å². The van der Waals surface area contributed by atoms with Crippen LogP contribution in [0.1, 0.15) is 23.6 Å². The lowest BCUT2D eigenvalue weighted by atomic mass is 9.97. The van der Waals surface area contributed by atoms with E-state index < -0.39 is 0 Å². The second-order valence-electron chi connectivity index (χ2n) is 7.72. The van der Waals surface area contributed by atoms with Gasteiger partial charge in [-0.2, -0.15) is 5.10 Å². The number of methoxy groups -OCH3 is 4. The molecule has 1 aliphatic rings. The number of carbonyl (C=O) groups excluding carboxylic acids is 2. The first-order valence-corrected chi connectivity index (χ1v) is 10.9. The van der Waals surface area contributed by atoms with Crippen LogP contribution in [0, 0.1) is 0 Å². The van der Waals surface area contributed by atoms with Crippen LogP contribution < -0.4 is 9.47 Å². The van der Waals surface area contributed by atoms with Crippen LogP contribution >= 0.6 is 0 Å². The smallest absolute Gasteiger partial charge is 0.262 e. The zero-order valence-electron chi connectivity index (χ0n) is 20.0. The molecule has 0 spiro atoms. The van der Waals surface area contributed by atoms with Crippen molar-refractivity contribution in [2.24, 2.45) is 5.10 Å². The van der Waals surface area contributed by atoms with Gasteiger partial charge >= 0.3 is 0 Å². The Hall–Kier alpha value is -3.43. The summed E-state index contributed by atoms with van der Waals surface area (Å²) in [4.78, 5) is 27.4. The van der Waals surface area contributed by atoms with Crippen LogP contribution in [-0.2, 0) is 19.1 Å². The largest absolute Gasteiger partial charge is 0.497 e. The van der Waals surface area contributed by atoms with E-state index in [0.717, 1.165) is 22.6 Å². The number of hydrogen-bond donors (Lipinski definition) is 0. The Bertz CT molecular complexity index is 1010. The zero-order valence-corrected chi connectivity index (χ0v) is 20.0. The first-order valence-electron chi connectivity index (χ1n) is 10.9. The predicted octanol–water partition coefficient (Wildman–Crippen LogP) is 2.50. The normalized spacial score (nSPS) is 15.1. The van der Waals surface area contributed by atoms with Gasteiger partial charge in [0.15, 0.2) is 0 Å². The lowest BCUT2D eigenvalue weighted by Crippen LogP contribution is -2.44. The quantitative estimate of drug-likeness (QED) is 0.502. The molecule has 1 atom stereocenters. The first kappa shape index (κ1) is 25.2. The number of amides is 2. The number of benzene rings is 2. The third kappa shape index (κ3) is 5.92. The van der Waals surface area contributed by atoms with Crippen LogP contribution in [-0.4, -0.2) is 82.2 Å². The number of rotatable bonds is 11. The molecule has 2 aromatic rings. The molecule has 0 bridgehead atoms. The van der Waals surface area contributed by atoms with Crippen molar-refractivity contribution in [3.05, 3.63) is 59.7 Å². The Morgan fingerprint density at radius 2 is 1.74 bits per heavy atom. The highest BCUT2D eigenvalue weighted by Gasteiger charge is 2.35. The highest BCUT2D eigenvalue weighted by molar-refractivity contribution is 6.03. The minimum absolute atomic E-state index is 0.118. The average molecular weight is 470 g/mol. The molecule has 0 aromatic heterocycles. The van der Waals surface area contributed by atoms with E-state index in [1.807, 2.05) is 48.5 Å². The van der Waals surface area contributed by atoms with E-state index in [4.69, 9.17) is 18.9 Å². The Labute approximate surface area is 199 Å². The van der Waals surface area contributed by atoms with Gasteiger partial charge in [0.25, 0.3) is 5.91 Å². The summed E-state index contributed by atoms with van der Waals surface area (Å²) in [6.45, 7) is 0.315. The molecule has 0 saturated carbocycles. The van der Waals surface area contributed by atoms with Crippen molar-refractivity contribution in [2.45, 2.75) is 12.5 Å². The first-order chi connectivity index (χ1) is 16.5. The zero-order chi connectivity index (χ0) is 24.5. The van der Waals surface area contributed by atoms with Gasteiger partial charge in [0.1, 0.15) is 24.7 Å². The Morgan fingerprint density at radius 1 is 1.00 bits per heavy atom. The summed E-state index contributed by atoms with van der Waals surface area (Å²) in [5.41, 5.74) is 2.50. The Kier molecular flexibility index (Phi) is 9.00. The maximum Gasteiger partial charge on any atom is 0.262 e. The second-order valence-corrected chi connectivity index (χ2v) is 7.72. The minimum Gasteiger partial charge on any atom is -0.497 e. The number of ether oxygens (including phenoxy) is 4. The summed E-state index contributed by atoms with van der Waals surface area (Å²) in [7, 11) is 6.20. The van der Waals surface area contributed by atoms with Gasteiger partial charge in [0.2, 0.25) is 5.91 Å². The van der Waals surface area contributed by atoms with E-state index in [0.29, 0.717) is 18.8 Å². The van der Waals surface area contributed by atoms with E-state index in [-0.39, 0.29) is 37.6 Å². The molecule has 0 radical (unpaired) electrons. The molecule has 34 heavy (non-hydrogen) atoms. The standard InChI is InChI=1S/C25H31N3O6/c1-31-14-13-27(25(30)17-32-2)16-24(29)28-22(20-7-5-6-8-23(20)34-4)15-21(26-28)18-9-11-19(33-3)12-10-18/h5-12,22H,13-17H2,1-4H3. The van der Waals surface area contributed by atoms with Crippen molar-refractivity contribution in [1.82, 2.24) is 9.91 Å². The monoisotopic (exact) mass is 469 g/mol. The van der Waals surface area contributed by atoms with Crippen molar-refractivity contribution < 1.29 is 28.5 Å². The van der Waals surface area contributed by atoms with Crippen molar-refractivity contribution in [1.29, 1.82) is 0 Å². The molecule has 1 unspecified atom stereocenters. The molecule has 0 fully saturated rings. The molecule has 1 heterocycles. The molecule has 9 heteroatoms. The third-order valence-electron chi connectivity index (χ3n) is 5.60. The summed E-state index contributed by atoms with van der Waals surface area (Å²) in [5, 5.41) is 6.14. The number of hydrogen-bond acceptors (Lipinski definition) is 7. The van der Waals surface area contributed by atoms with Gasteiger partial charge in [-0.25, -0.2) is 5.01 Å². The molecule has 1 aliphatic heterocycles. The number of nitrogens with zero attached hydrogens (tertiary/aromatic N) is 3. The highest BCUT2D eigenvalue weighted by Crippen LogP contribution is 2.37. The van der Waals surface area contributed by atoms with E-state index >= 15 is 0 Å². The molecule has 0 saturated heterocycles. The topological polar surface area (TPSA) is 89.9 Å². The van der Waals surface area contributed by atoms with Crippen molar-refractivity contribution in [3.63, 3.8) is 0 Å².